The van der Waals surface area contributed by atoms with Crippen molar-refractivity contribution in [3.05, 3.63) is 29.3 Å². The molecule has 2 fully saturated rings. The minimum atomic E-state index is 0.118. The van der Waals surface area contributed by atoms with Crippen LogP contribution in [0, 0.1) is 11.3 Å². The van der Waals surface area contributed by atoms with Crippen molar-refractivity contribution in [1.29, 1.82) is 0 Å². The van der Waals surface area contributed by atoms with Crippen LogP contribution in [0.15, 0.2) is 18.2 Å². The number of phenolic OH excluding ortho intramolecular Hbond substituents is 1. The maximum absolute atomic E-state index is 10.5. The summed E-state index contributed by atoms with van der Waals surface area (Å²) in [6, 6.07) is 6.58. The number of benzene rings is 1. The molecule has 0 amide bonds. The highest BCUT2D eigenvalue weighted by Gasteiger charge is 2.56. The molecule has 2 bridgehead atoms. The topological polar surface area (TPSA) is 32.7 Å². The van der Waals surface area contributed by atoms with Crippen molar-refractivity contribution in [2.75, 3.05) is 19.7 Å². The monoisotopic (exact) mass is 385 g/mol. The fraction of sp³-hybridized carbons (Fsp3) is 0.760. The van der Waals surface area contributed by atoms with Crippen LogP contribution < -0.4 is 0 Å². The van der Waals surface area contributed by atoms with Crippen LogP contribution in [0.5, 0.6) is 5.75 Å². The Morgan fingerprint density at radius 3 is 2.68 bits per heavy atom. The number of phenols is 1. The molecular formula is C25H39NO2. The van der Waals surface area contributed by atoms with Crippen LogP contribution in [0.2, 0.25) is 0 Å². The summed E-state index contributed by atoms with van der Waals surface area (Å²) in [5.74, 6) is 1.25. The molecule has 1 N–H and O–H groups in total. The van der Waals surface area contributed by atoms with E-state index in [1.807, 2.05) is 12.1 Å². The lowest BCUT2D eigenvalue weighted by molar-refractivity contribution is -0.0671. The predicted molar refractivity (Wildman–Crippen MR) is 115 cm³/mol. The molecule has 1 aliphatic heterocycles. The second-order valence-electron chi connectivity index (χ2n) is 10.5. The zero-order chi connectivity index (χ0) is 19.9. The van der Waals surface area contributed by atoms with Gasteiger partial charge in [0.25, 0.3) is 0 Å². The van der Waals surface area contributed by atoms with Crippen LogP contribution in [-0.4, -0.2) is 41.8 Å². The number of nitrogens with zero attached hydrogens (tertiary/aromatic N) is 1. The van der Waals surface area contributed by atoms with Crippen molar-refractivity contribution in [2.45, 2.75) is 90.2 Å². The quantitative estimate of drug-likeness (QED) is 0.747. The van der Waals surface area contributed by atoms with Crippen molar-refractivity contribution < 1.29 is 9.84 Å². The van der Waals surface area contributed by atoms with Crippen molar-refractivity contribution >= 4 is 0 Å². The Hall–Kier alpha value is -1.06. The largest absolute Gasteiger partial charge is 0.508 e. The highest BCUT2D eigenvalue weighted by Crippen LogP contribution is 2.57. The second-order valence-corrected chi connectivity index (χ2v) is 10.5. The molecule has 28 heavy (non-hydrogen) atoms. The van der Waals surface area contributed by atoms with E-state index in [0.717, 1.165) is 38.5 Å². The van der Waals surface area contributed by atoms with E-state index >= 15 is 0 Å². The summed E-state index contributed by atoms with van der Waals surface area (Å²) in [7, 11) is 0. The maximum Gasteiger partial charge on any atom is 0.119 e. The minimum absolute atomic E-state index is 0.118. The number of piperidine rings is 1. The van der Waals surface area contributed by atoms with Crippen molar-refractivity contribution in [1.82, 2.24) is 4.90 Å². The molecule has 3 heteroatoms. The second kappa shape index (κ2) is 7.65. The van der Waals surface area contributed by atoms with E-state index in [2.05, 4.69) is 38.7 Å². The standard InChI is InChI=1S/C25H39NO2/c1-18(28-17-19-9-6-5-7-10-19)16-26-14-13-25(4)21-11-8-12-22(27)20(21)15-23(26)24(25,2)3/h8,11-12,18-19,23,27H,5-7,9-10,13-17H2,1-4H3/t18-,23-,25?/m1/s1. The zero-order valence-corrected chi connectivity index (χ0v) is 18.3. The molecular weight excluding hydrogens is 346 g/mol. The Balaban J connectivity index is 1.47. The summed E-state index contributed by atoms with van der Waals surface area (Å²) in [6.45, 7) is 12.6. The first-order valence-electron chi connectivity index (χ1n) is 11.5. The third-order valence-electron chi connectivity index (χ3n) is 8.57. The van der Waals surface area contributed by atoms with Gasteiger partial charge >= 0.3 is 0 Å². The first-order valence-corrected chi connectivity index (χ1v) is 11.5. The fourth-order valence-corrected chi connectivity index (χ4v) is 6.29. The number of rotatable bonds is 5. The van der Waals surface area contributed by atoms with Gasteiger partial charge in [-0.05, 0) is 67.7 Å². The van der Waals surface area contributed by atoms with E-state index in [1.165, 1.54) is 43.2 Å². The molecule has 1 saturated carbocycles. The number of hydrogen-bond acceptors (Lipinski definition) is 3. The van der Waals surface area contributed by atoms with E-state index in [9.17, 15) is 5.11 Å². The molecule has 0 radical (unpaired) electrons. The Morgan fingerprint density at radius 2 is 1.93 bits per heavy atom. The Morgan fingerprint density at radius 1 is 1.18 bits per heavy atom. The Bertz CT molecular complexity index is 694. The Kier molecular flexibility index (Phi) is 5.52. The van der Waals surface area contributed by atoms with E-state index in [1.54, 1.807) is 0 Å². The average molecular weight is 386 g/mol. The first kappa shape index (κ1) is 20.2. The van der Waals surface area contributed by atoms with Crippen LogP contribution in [-0.2, 0) is 16.6 Å². The number of hydrogen-bond donors (Lipinski definition) is 1. The zero-order valence-electron chi connectivity index (χ0n) is 18.3. The van der Waals surface area contributed by atoms with Crippen LogP contribution in [0.1, 0.15) is 77.3 Å². The summed E-state index contributed by atoms with van der Waals surface area (Å²) in [4.78, 5) is 2.66. The smallest absolute Gasteiger partial charge is 0.119 e. The van der Waals surface area contributed by atoms with E-state index < -0.39 is 0 Å². The normalized spacial score (nSPS) is 31.4. The fourth-order valence-electron chi connectivity index (χ4n) is 6.29. The molecule has 156 valence electrons. The molecule has 1 saturated heterocycles. The lowest BCUT2D eigenvalue weighted by Crippen LogP contribution is -2.64. The average Bonchev–Trinajstić information content (AvgIpc) is 2.67. The molecule has 2 aliphatic carbocycles. The van der Waals surface area contributed by atoms with E-state index in [4.69, 9.17) is 4.74 Å². The first-order chi connectivity index (χ1) is 13.3. The lowest BCUT2D eigenvalue weighted by Gasteiger charge is -2.61. The Labute approximate surface area is 171 Å². The number of ether oxygens (including phenoxy) is 1. The molecule has 0 aromatic heterocycles. The highest BCUT2D eigenvalue weighted by molar-refractivity contribution is 5.48. The van der Waals surface area contributed by atoms with Gasteiger partial charge in [-0.3, -0.25) is 4.90 Å². The van der Waals surface area contributed by atoms with Gasteiger partial charge in [0, 0.05) is 24.6 Å². The van der Waals surface area contributed by atoms with Gasteiger partial charge in [0.05, 0.1) is 6.10 Å². The molecule has 1 heterocycles. The predicted octanol–water partition coefficient (Wildman–Crippen LogP) is 5.29. The van der Waals surface area contributed by atoms with Gasteiger partial charge in [-0.2, -0.15) is 0 Å². The molecule has 0 spiro atoms. The van der Waals surface area contributed by atoms with Crippen LogP contribution in [0.4, 0.5) is 0 Å². The minimum Gasteiger partial charge on any atom is -0.508 e. The van der Waals surface area contributed by atoms with Crippen molar-refractivity contribution in [2.24, 2.45) is 11.3 Å². The SMILES string of the molecule is C[C@H](CN1CCC2(C)c3cccc(O)c3C[C@@H]1C2(C)C)OCC1CCCCC1. The molecule has 3 nitrogen and oxygen atoms in total. The summed E-state index contributed by atoms with van der Waals surface area (Å²) in [5.41, 5.74) is 2.84. The molecule has 3 atom stereocenters. The molecule has 1 aromatic rings. The molecule has 1 unspecified atom stereocenters. The maximum atomic E-state index is 10.5. The van der Waals surface area contributed by atoms with Gasteiger partial charge in [-0.15, -0.1) is 0 Å². The third-order valence-corrected chi connectivity index (χ3v) is 8.57. The van der Waals surface area contributed by atoms with E-state index in [0.29, 0.717) is 11.8 Å². The number of fused-ring (bicyclic) bond motifs is 4. The van der Waals surface area contributed by atoms with Gasteiger partial charge in [0.15, 0.2) is 0 Å². The number of likely N-dealkylation sites (tertiary alicyclic amines) is 1. The summed E-state index contributed by atoms with van der Waals surface area (Å²) >= 11 is 0. The van der Waals surface area contributed by atoms with Crippen molar-refractivity contribution in [3.8, 4) is 5.75 Å². The van der Waals surface area contributed by atoms with Gasteiger partial charge in [-0.25, -0.2) is 0 Å². The molecule has 1 aromatic carbocycles. The molecule has 4 rings (SSSR count). The summed E-state index contributed by atoms with van der Waals surface area (Å²) in [6.07, 6.45) is 9.22. The summed E-state index contributed by atoms with van der Waals surface area (Å²) in [5, 5.41) is 10.5. The number of aromatic hydroxyl groups is 1. The van der Waals surface area contributed by atoms with Gasteiger partial charge < -0.3 is 9.84 Å². The molecule has 3 aliphatic rings. The van der Waals surface area contributed by atoms with Crippen molar-refractivity contribution in [3.63, 3.8) is 0 Å². The van der Waals surface area contributed by atoms with Crippen LogP contribution >= 0.6 is 0 Å². The van der Waals surface area contributed by atoms with Crippen LogP contribution in [0.25, 0.3) is 0 Å². The third kappa shape index (κ3) is 3.39. The highest BCUT2D eigenvalue weighted by atomic mass is 16.5. The lowest BCUT2D eigenvalue weighted by atomic mass is 9.51. The van der Waals surface area contributed by atoms with Gasteiger partial charge in [0.1, 0.15) is 5.75 Å². The van der Waals surface area contributed by atoms with E-state index in [-0.39, 0.29) is 16.9 Å². The summed E-state index contributed by atoms with van der Waals surface area (Å²) < 4.78 is 6.32. The van der Waals surface area contributed by atoms with Gasteiger partial charge in [-0.1, -0.05) is 52.2 Å². The van der Waals surface area contributed by atoms with Gasteiger partial charge in [0.2, 0.25) is 0 Å². The van der Waals surface area contributed by atoms with Crippen LogP contribution in [0.3, 0.4) is 0 Å².